The van der Waals surface area contributed by atoms with Gasteiger partial charge < -0.3 is 15.2 Å². The molecule has 1 aromatic heterocycles. The van der Waals surface area contributed by atoms with Gasteiger partial charge in [-0.2, -0.15) is 0 Å². The Balaban J connectivity index is 1.58. The second kappa shape index (κ2) is 10.7. The Labute approximate surface area is 197 Å². The first kappa shape index (κ1) is 23.2. The molecule has 1 heterocycles. The first-order valence-corrected chi connectivity index (χ1v) is 11.4. The van der Waals surface area contributed by atoms with E-state index in [1.165, 1.54) is 12.1 Å². The lowest BCUT2D eigenvalue weighted by atomic mass is 10.1. The van der Waals surface area contributed by atoms with Crippen LogP contribution in [-0.4, -0.2) is 21.4 Å². The summed E-state index contributed by atoms with van der Waals surface area (Å²) in [6, 6.07) is 22.3. The number of halogens is 1. The van der Waals surface area contributed by atoms with Gasteiger partial charge in [0, 0.05) is 12.1 Å². The smallest absolute Gasteiger partial charge is 0.251 e. The van der Waals surface area contributed by atoms with Crippen LogP contribution in [-0.2, 0) is 17.9 Å². The first-order chi connectivity index (χ1) is 16.5. The maximum Gasteiger partial charge on any atom is 0.251 e. The molecule has 1 atom stereocenters. The number of benzene rings is 3. The van der Waals surface area contributed by atoms with Gasteiger partial charge in [0.15, 0.2) is 0 Å². The number of aromatic nitrogens is 2. The highest BCUT2D eigenvalue weighted by atomic mass is 19.1. The second-order valence-corrected chi connectivity index (χ2v) is 8.13. The number of hydrogen-bond acceptors (Lipinski definition) is 3. The summed E-state index contributed by atoms with van der Waals surface area (Å²) in [5.74, 6) is -0.0508. The Kier molecular flexibility index (Phi) is 7.32. The minimum atomic E-state index is -0.352. The van der Waals surface area contributed by atoms with Gasteiger partial charge in [-0.1, -0.05) is 55.8 Å². The third-order valence-corrected chi connectivity index (χ3v) is 5.62. The molecule has 0 spiro atoms. The molecular formula is C27H27FN4O2. The van der Waals surface area contributed by atoms with Gasteiger partial charge in [0.05, 0.1) is 17.1 Å². The van der Waals surface area contributed by atoms with Crippen molar-refractivity contribution in [2.24, 2.45) is 0 Å². The Morgan fingerprint density at radius 2 is 1.68 bits per heavy atom. The Bertz CT molecular complexity index is 1270. The van der Waals surface area contributed by atoms with E-state index in [1.54, 1.807) is 24.3 Å². The van der Waals surface area contributed by atoms with Crippen LogP contribution in [0.3, 0.4) is 0 Å². The average Bonchev–Trinajstić information content (AvgIpc) is 3.22. The van der Waals surface area contributed by atoms with E-state index in [2.05, 4.69) is 10.6 Å². The van der Waals surface area contributed by atoms with Gasteiger partial charge in [0.2, 0.25) is 5.91 Å². The number of carbonyl (C=O) groups excluding carboxylic acids is 2. The molecule has 6 nitrogen and oxygen atoms in total. The fraction of sp³-hybridized carbons (Fsp3) is 0.222. The summed E-state index contributed by atoms with van der Waals surface area (Å²) >= 11 is 0. The lowest BCUT2D eigenvalue weighted by Crippen LogP contribution is -2.33. The molecule has 0 bridgehead atoms. The summed E-state index contributed by atoms with van der Waals surface area (Å²) in [5.41, 5.74) is 2.97. The van der Waals surface area contributed by atoms with Crippen molar-refractivity contribution in [3.05, 3.63) is 102 Å². The van der Waals surface area contributed by atoms with Crippen molar-refractivity contribution in [1.82, 2.24) is 20.2 Å². The largest absolute Gasteiger partial charge is 0.350 e. The Morgan fingerprint density at radius 3 is 2.41 bits per heavy atom. The van der Waals surface area contributed by atoms with Gasteiger partial charge >= 0.3 is 0 Å². The number of nitrogens with one attached hydrogen (secondary N) is 2. The number of rotatable bonds is 9. The van der Waals surface area contributed by atoms with Crippen molar-refractivity contribution in [3.8, 4) is 0 Å². The van der Waals surface area contributed by atoms with Gasteiger partial charge in [0.1, 0.15) is 18.2 Å². The van der Waals surface area contributed by atoms with Gasteiger partial charge in [-0.05, 0) is 48.4 Å². The van der Waals surface area contributed by atoms with Gasteiger partial charge in [-0.15, -0.1) is 0 Å². The van der Waals surface area contributed by atoms with Crippen LogP contribution in [0.4, 0.5) is 4.39 Å². The van der Waals surface area contributed by atoms with Gasteiger partial charge in [-0.25, -0.2) is 9.37 Å². The van der Waals surface area contributed by atoms with Crippen molar-refractivity contribution in [3.63, 3.8) is 0 Å². The van der Waals surface area contributed by atoms with E-state index in [0.717, 1.165) is 23.0 Å². The van der Waals surface area contributed by atoms with E-state index in [-0.39, 0.29) is 30.2 Å². The van der Waals surface area contributed by atoms with Crippen LogP contribution >= 0.6 is 0 Å². The van der Waals surface area contributed by atoms with E-state index >= 15 is 0 Å². The molecule has 1 unspecified atom stereocenters. The molecule has 2 amide bonds. The quantitative estimate of drug-likeness (QED) is 0.380. The highest BCUT2D eigenvalue weighted by molar-refractivity contribution is 5.94. The molecule has 0 saturated heterocycles. The lowest BCUT2D eigenvalue weighted by molar-refractivity contribution is -0.121. The highest BCUT2D eigenvalue weighted by Crippen LogP contribution is 2.24. The van der Waals surface area contributed by atoms with E-state index in [4.69, 9.17) is 4.98 Å². The van der Waals surface area contributed by atoms with Crippen LogP contribution in [0, 0.1) is 5.82 Å². The van der Waals surface area contributed by atoms with Crippen LogP contribution < -0.4 is 10.6 Å². The number of nitrogens with zero attached hydrogens (tertiary/aromatic N) is 2. The number of amides is 2. The number of hydrogen-bond donors (Lipinski definition) is 2. The standard InChI is InChI=1S/C27H27FN4O2/c1-2-8-23(31-27(34)20-9-4-3-5-10-20)26-30-22-11-6-7-12-24(22)32(26)18-25(33)29-17-19-13-15-21(28)16-14-19/h3-7,9-16,23H,2,8,17-18H2,1H3,(H,29,33)(H,31,34). The van der Waals surface area contributed by atoms with E-state index in [9.17, 15) is 14.0 Å². The highest BCUT2D eigenvalue weighted by Gasteiger charge is 2.23. The summed E-state index contributed by atoms with van der Waals surface area (Å²) in [6.45, 7) is 2.40. The van der Waals surface area contributed by atoms with Crippen molar-refractivity contribution < 1.29 is 14.0 Å². The molecule has 0 aliphatic heterocycles. The molecular weight excluding hydrogens is 431 g/mol. The van der Waals surface area contributed by atoms with Gasteiger partial charge in [-0.3, -0.25) is 9.59 Å². The average molecular weight is 459 g/mol. The molecule has 7 heteroatoms. The predicted octanol–water partition coefficient (Wildman–Crippen LogP) is 4.76. The Hall–Kier alpha value is -4.00. The SMILES string of the molecule is CCCC(NC(=O)c1ccccc1)c1nc2ccccc2n1CC(=O)NCc1ccc(F)cc1. The zero-order valence-corrected chi connectivity index (χ0v) is 19.0. The van der Waals surface area contributed by atoms with Crippen LogP contribution in [0.5, 0.6) is 0 Å². The van der Waals surface area contributed by atoms with Crippen molar-refractivity contribution >= 4 is 22.8 Å². The summed E-state index contributed by atoms with van der Waals surface area (Å²) in [5, 5.41) is 5.99. The monoisotopic (exact) mass is 458 g/mol. The lowest BCUT2D eigenvalue weighted by Gasteiger charge is -2.20. The van der Waals surface area contributed by atoms with Crippen molar-refractivity contribution in [2.75, 3.05) is 0 Å². The van der Waals surface area contributed by atoms with Crippen molar-refractivity contribution in [2.45, 2.75) is 38.9 Å². The van der Waals surface area contributed by atoms with E-state index < -0.39 is 0 Å². The third-order valence-electron chi connectivity index (χ3n) is 5.62. The zero-order chi connectivity index (χ0) is 23.9. The summed E-state index contributed by atoms with van der Waals surface area (Å²) in [4.78, 5) is 30.5. The molecule has 0 saturated carbocycles. The fourth-order valence-electron chi connectivity index (χ4n) is 3.91. The number of imidazole rings is 1. The van der Waals surface area contributed by atoms with Crippen LogP contribution in [0.25, 0.3) is 11.0 Å². The molecule has 2 N–H and O–H groups in total. The molecule has 3 aromatic carbocycles. The molecule has 34 heavy (non-hydrogen) atoms. The molecule has 0 aliphatic carbocycles. The molecule has 174 valence electrons. The maximum atomic E-state index is 13.1. The molecule has 0 aliphatic rings. The topological polar surface area (TPSA) is 76.0 Å². The van der Waals surface area contributed by atoms with E-state index in [1.807, 2.05) is 54.0 Å². The Morgan fingerprint density at radius 1 is 0.971 bits per heavy atom. The summed E-state index contributed by atoms with van der Waals surface area (Å²) < 4.78 is 15.0. The van der Waals surface area contributed by atoms with E-state index in [0.29, 0.717) is 24.4 Å². The summed E-state index contributed by atoms with van der Waals surface area (Å²) in [7, 11) is 0. The maximum absolute atomic E-state index is 13.1. The zero-order valence-electron chi connectivity index (χ0n) is 19.0. The fourth-order valence-corrected chi connectivity index (χ4v) is 3.91. The van der Waals surface area contributed by atoms with Crippen LogP contribution in [0.15, 0.2) is 78.9 Å². The first-order valence-electron chi connectivity index (χ1n) is 11.4. The summed E-state index contributed by atoms with van der Waals surface area (Å²) in [6.07, 6.45) is 1.51. The molecule has 0 fully saturated rings. The molecule has 4 rings (SSSR count). The number of para-hydroxylation sites is 2. The van der Waals surface area contributed by atoms with Crippen LogP contribution in [0.1, 0.15) is 47.6 Å². The third kappa shape index (κ3) is 5.49. The van der Waals surface area contributed by atoms with Crippen LogP contribution in [0.2, 0.25) is 0 Å². The number of carbonyl (C=O) groups is 2. The van der Waals surface area contributed by atoms with Crippen molar-refractivity contribution in [1.29, 1.82) is 0 Å². The minimum absolute atomic E-state index is 0.0540. The molecule has 0 radical (unpaired) electrons. The predicted molar refractivity (Wildman–Crippen MR) is 130 cm³/mol. The van der Waals surface area contributed by atoms with Gasteiger partial charge in [0.25, 0.3) is 5.91 Å². The minimum Gasteiger partial charge on any atom is -0.350 e. The number of fused-ring (bicyclic) bond motifs is 1. The second-order valence-electron chi connectivity index (χ2n) is 8.13. The normalized spacial score (nSPS) is 11.8. The molecule has 4 aromatic rings.